The van der Waals surface area contributed by atoms with Crippen molar-refractivity contribution in [3.8, 4) is 0 Å². The Morgan fingerprint density at radius 3 is 2.36 bits per heavy atom. The molecule has 1 aromatic rings. The first kappa shape index (κ1) is 21.2. The number of carbonyl (C=O) groups excluding carboxylic acids is 2. The fraction of sp³-hybridized carbons (Fsp3) is 0.652. The van der Waals surface area contributed by atoms with Gasteiger partial charge in [-0.15, -0.1) is 0 Å². The molecule has 1 aliphatic heterocycles. The van der Waals surface area contributed by atoms with Gasteiger partial charge in [-0.25, -0.2) is 0 Å². The van der Waals surface area contributed by atoms with E-state index in [1.165, 1.54) is 12.8 Å². The zero-order valence-electron chi connectivity index (χ0n) is 17.3. The maximum Gasteiger partial charge on any atom is 0.226 e. The lowest BCUT2D eigenvalue weighted by Gasteiger charge is -2.40. The molecule has 0 spiro atoms. The Morgan fingerprint density at radius 2 is 1.79 bits per heavy atom. The molecule has 1 aromatic carbocycles. The van der Waals surface area contributed by atoms with Crippen LogP contribution >= 0.6 is 11.6 Å². The zero-order chi connectivity index (χ0) is 20.3. The van der Waals surface area contributed by atoms with Gasteiger partial charge in [0.2, 0.25) is 11.8 Å². The molecule has 2 amide bonds. The molecule has 0 unspecified atom stereocenters. The van der Waals surface area contributed by atoms with Crippen molar-refractivity contribution in [1.29, 1.82) is 0 Å². The summed E-state index contributed by atoms with van der Waals surface area (Å²) in [7, 11) is 0. The molecule has 1 aliphatic carbocycles. The van der Waals surface area contributed by atoms with E-state index in [-0.39, 0.29) is 23.8 Å². The number of carbonyl (C=O) groups is 2. The van der Waals surface area contributed by atoms with Gasteiger partial charge in [-0.3, -0.25) is 9.59 Å². The molecule has 1 N–H and O–H groups in total. The van der Waals surface area contributed by atoms with E-state index in [2.05, 4.69) is 25.2 Å². The van der Waals surface area contributed by atoms with Gasteiger partial charge in [0, 0.05) is 30.5 Å². The molecule has 1 heterocycles. The maximum absolute atomic E-state index is 13.4. The van der Waals surface area contributed by atoms with Crippen molar-refractivity contribution in [2.45, 2.75) is 65.3 Å². The van der Waals surface area contributed by atoms with Gasteiger partial charge < -0.3 is 10.2 Å². The number of piperidine rings is 1. The van der Waals surface area contributed by atoms with E-state index in [4.69, 9.17) is 11.6 Å². The maximum atomic E-state index is 13.4. The summed E-state index contributed by atoms with van der Waals surface area (Å²) in [6.07, 6.45) is 6.51. The second-order valence-electron chi connectivity index (χ2n) is 9.05. The van der Waals surface area contributed by atoms with E-state index >= 15 is 0 Å². The number of benzene rings is 1. The number of nitrogens with one attached hydrogen (secondary N) is 1. The number of hydrogen-bond acceptors (Lipinski definition) is 2. The van der Waals surface area contributed by atoms with E-state index in [9.17, 15) is 9.59 Å². The molecule has 0 radical (unpaired) electrons. The molecular weight excluding hydrogens is 372 g/mol. The molecular formula is C23H33ClN2O2. The van der Waals surface area contributed by atoms with Crippen molar-refractivity contribution >= 4 is 23.4 Å². The van der Waals surface area contributed by atoms with Crippen molar-refractivity contribution in [3.05, 3.63) is 34.9 Å². The molecule has 5 heteroatoms. The molecule has 1 saturated carbocycles. The van der Waals surface area contributed by atoms with Gasteiger partial charge in [-0.05, 0) is 55.2 Å². The first-order valence-corrected chi connectivity index (χ1v) is 11.0. The highest BCUT2D eigenvalue weighted by Crippen LogP contribution is 2.39. The summed E-state index contributed by atoms with van der Waals surface area (Å²) in [5.74, 6) is 0.998. The number of halogens is 1. The third-order valence-corrected chi connectivity index (χ3v) is 7.15. The molecule has 3 rings (SSSR count). The van der Waals surface area contributed by atoms with Crippen molar-refractivity contribution in [2.24, 2.45) is 17.3 Å². The number of likely N-dealkylation sites (tertiary alicyclic amines) is 1. The summed E-state index contributed by atoms with van der Waals surface area (Å²) in [6.45, 7) is 7.23. The lowest BCUT2D eigenvalue weighted by molar-refractivity contribution is -0.136. The molecule has 154 valence electrons. The van der Waals surface area contributed by atoms with E-state index < -0.39 is 5.41 Å². The monoisotopic (exact) mass is 404 g/mol. The summed E-state index contributed by atoms with van der Waals surface area (Å²) in [4.78, 5) is 26.9. The standard InChI is InChI=1S/C23H33ClN2O2/c1-16(27)26-13-11-19(12-14-26)23(2,3)22(28)25-21(17-7-4-5-8-17)18-9-6-10-20(24)15-18/h6,9-10,15,17,19,21H,4-5,7-8,11-14H2,1-3H3,(H,25,28)/t21-/m1/s1. The second-order valence-corrected chi connectivity index (χ2v) is 9.49. The molecule has 4 nitrogen and oxygen atoms in total. The Labute approximate surface area is 174 Å². The molecule has 28 heavy (non-hydrogen) atoms. The van der Waals surface area contributed by atoms with E-state index in [1.54, 1.807) is 6.92 Å². The van der Waals surface area contributed by atoms with E-state index in [0.717, 1.165) is 44.3 Å². The van der Waals surface area contributed by atoms with Crippen LogP contribution in [0.25, 0.3) is 0 Å². The highest BCUT2D eigenvalue weighted by molar-refractivity contribution is 6.30. The van der Waals surface area contributed by atoms with Crippen LogP contribution in [0.2, 0.25) is 5.02 Å². The van der Waals surface area contributed by atoms with Crippen molar-refractivity contribution in [3.63, 3.8) is 0 Å². The molecule has 1 saturated heterocycles. The van der Waals surface area contributed by atoms with Gasteiger partial charge in [-0.1, -0.05) is 50.4 Å². The third kappa shape index (κ3) is 4.71. The second kappa shape index (κ2) is 8.86. The van der Waals surface area contributed by atoms with Gasteiger partial charge in [0.05, 0.1) is 6.04 Å². The minimum Gasteiger partial charge on any atom is -0.349 e. The van der Waals surface area contributed by atoms with Crippen LogP contribution in [-0.4, -0.2) is 29.8 Å². The predicted octanol–water partition coefficient (Wildman–Crippen LogP) is 4.97. The van der Waals surface area contributed by atoms with E-state index in [0.29, 0.717) is 10.9 Å². The van der Waals surface area contributed by atoms with E-state index in [1.807, 2.05) is 23.1 Å². The average Bonchev–Trinajstić information content (AvgIpc) is 3.20. The summed E-state index contributed by atoms with van der Waals surface area (Å²) >= 11 is 6.24. The Morgan fingerprint density at radius 1 is 1.14 bits per heavy atom. The highest BCUT2D eigenvalue weighted by Gasteiger charge is 2.40. The lowest BCUT2D eigenvalue weighted by atomic mass is 9.72. The summed E-state index contributed by atoms with van der Waals surface area (Å²) in [5, 5.41) is 4.11. The first-order chi connectivity index (χ1) is 13.3. The first-order valence-electron chi connectivity index (χ1n) is 10.6. The Kier molecular flexibility index (Phi) is 6.69. The summed E-state index contributed by atoms with van der Waals surface area (Å²) in [6, 6.07) is 7.93. The largest absolute Gasteiger partial charge is 0.349 e. The van der Waals surface area contributed by atoms with Crippen LogP contribution < -0.4 is 5.32 Å². The van der Waals surface area contributed by atoms with Crippen LogP contribution in [-0.2, 0) is 9.59 Å². The van der Waals surface area contributed by atoms with Gasteiger partial charge in [-0.2, -0.15) is 0 Å². The Hall–Kier alpha value is -1.55. The van der Waals surface area contributed by atoms with Crippen LogP contribution in [0, 0.1) is 17.3 Å². The zero-order valence-corrected chi connectivity index (χ0v) is 18.1. The van der Waals surface area contributed by atoms with Crippen LogP contribution in [0.3, 0.4) is 0 Å². The van der Waals surface area contributed by atoms with Crippen LogP contribution in [0.15, 0.2) is 24.3 Å². The Balaban J connectivity index is 1.72. The summed E-state index contributed by atoms with van der Waals surface area (Å²) < 4.78 is 0. The predicted molar refractivity (Wildman–Crippen MR) is 113 cm³/mol. The number of hydrogen-bond donors (Lipinski definition) is 1. The van der Waals surface area contributed by atoms with Gasteiger partial charge in [0.15, 0.2) is 0 Å². The van der Waals surface area contributed by atoms with Crippen LogP contribution in [0.4, 0.5) is 0 Å². The van der Waals surface area contributed by atoms with Crippen LogP contribution in [0.5, 0.6) is 0 Å². The molecule has 0 aromatic heterocycles. The normalized spacial score (nSPS) is 20.2. The van der Waals surface area contributed by atoms with Gasteiger partial charge in [0.25, 0.3) is 0 Å². The molecule has 1 atom stereocenters. The number of nitrogens with zero attached hydrogens (tertiary/aromatic N) is 1. The highest BCUT2D eigenvalue weighted by atomic mass is 35.5. The van der Waals surface area contributed by atoms with Gasteiger partial charge in [0.1, 0.15) is 0 Å². The molecule has 2 aliphatic rings. The minimum atomic E-state index is -0.460. The SMILES string of the molecule is CC(=O)N1CCC(C(C)(C)C(=O)N[C@@H](c2cccc(Cl)c2)C2CCCC2)CC1. The fourth-order valence-electron chi connectivity index (χ4n) is 4.89. The fourth-order valence-corrected chi connectivity index (χ4v) is 5.09. The van der Waals surface area contributed by atoms with Crippen molar-refractivity contribution in [2.75, 3.05) is 13.1 Å². The average molecular weight is 405 g/mol. The topological polar surface area (TPSA) is 49.4 Å². The Bertz CT molecular complexity index is 704. The van der Waals surface area contributed by atoms with Gasteiger partial charge >= 0.3 is 0 Å². The van der Waals surface area contributed by atoms with Crippen LogP contribution in [0.1, 0.15) is 70.9 Å². The number of rotatable bonds is 5. The van der Waals surface area contributed by atoms with Crippen molar-refractivity contribution in [1.82, 2.24) is 10.2 Å². The third-order valence-electron chi connectivity index (χ3n) is 6.91. The smallest absolute Gasteiger partial charge is 0.226 e. The summed E-state index contributed by atoms with van der Waals surface area (Å²) in [5.41, 5.74) is 0.646. The lowest BCUT2D eigenvalue weighted by Crippen LogP contribution is -2.48. The number of amides is 2. The van der Waals surface area contributed by atoms with Crippen molar-refractivity contribution < 1.29 is 9.59 Å². The molecule has 2 fully saturated rings. The minimum absolute atomic E-state index is 0.0188. The quantitative estimate of drug-likeness (QED) is 0.752. The molecule has 0 bridgehead atoms.